The molecule has 1 aromatic heterocycles. The van der Waals surface area contributed by atoms with Crippen molar-refractivity contribution in [1.82, 2.24) is 9.88 Å². The second-order valence-corrected chi connectivity index (χ2v) is 11.1. The Morgan fingerprint density at radius 3 is 2.63 bits per heavy atom. The minimum absolute atomic E-state index is 0.0598. The summed E-state index contributed by atoms with van der Waals surface area (Å²) in [7, 11) is 0. The number of nitrogens with one attached hydrogen (secondary N) is 1. The Balaban J connectivity index is 1.35. The van der Waals surface area contributed by atoms with Crippen LogP contribution in [0.5, 0.6) is 0 Å². The highest BCUT2D eigenvalue weighted by atomic mass is 32.1. The highest BCUT2D eigenvalue weighted by Gasteiger charge is 2.51. The van der Waals surface area contributed by atoms with E-state index in [2.05, 4.69) is 31.1 Å². The van der Waals surface area contributed by atoms with Crippen molar-refractivity contribution >= 4 is 50.2 Å². The lowest BCUT2D eigenvalue weighted by molar-refractivity contribution is -0.121. The number of likely N-dealkylation sites (tertiary alicyclic amines) is 1. The van der Waals surface area contributed by atoms with E-state index in [1.54, 1.807) is 0 Å². The predicted molar refractivity (Wildman–Crippen MR) is 117 cm³/mol. The summed E-state index contributed by atoms with van der Waals surface area (Å²) in [5, 5.41) is 3.45. The molecule has 1 N–H and O–H groups in total. The maximum Gasteiger partial charge on any atom is 0.322 e. The van der Waals surface area contributed by atoms with Crippen LogP contribution in [-0.2, 0) is 9.59 Å². The van der Waals surface area contributed by atoms with Crippen molar-refractivity contribution in [2.24, 2.45) is 10.8 Å². The molecule has 1 saturated carbocycles. The Morgan fingerprint density at radius 1 is 1.17 bits per heavy atom. The third-order valence-corrected chi connectivity index (χ3v) is 7.55. The molecule has 158 valence electrons. The molecular weight excluding hydrogens is 400 g/mol. The number of nitrogens with zero attached hydrogens (tertiary/aromatic N) is 3. The molecule has 8 heteroatoms. The van der Waals surface area contributed by atoms with E-state index in [4.69, 9.17) is 0 Å². The Hall–Kier alpha value is -2.48. The van der Waals surface area contributed by atoms with Crippen LogP contribution in [-0.4, -0.2) is 40.3 Å². The molecule has 2 atom stereocenters. The number of carbonyl (C=O) groups is 3. The SMILES string of the molecule is CC1(C)CC2CC(C)(CN2C(=O)Nc2ccc3nc(N4C(=O)CCC4=O)sc3c2)C1. The maximum absolute atomic E-state index is 13.1. The number of aromatic nitrogens is 1. The zero-order valence-electron chi connectivity index (χ0n) is 17.5. The number of hydrogen-bond acceptors (Lipinski definition) is 5. The van der Waals surface area contributed by atoms with Gasteiger partial charge >= 0.3 is 6.03 Å². The van der Waals surface area contributed by atoms with Gasteiger partial charge in [0.2, 0.25) is 11.8 Å². The van der Waals surface area contributed by atoms with Crippen LogP contribution in [0.4, 0.5) is 15.6 Å². The molecule has 5 rings (SSSR count). The van der Waals surface area contributed by atoms with E-state index in [1.807, 2.05) is 23.1 Å². The van der Waals surface area contributed by atoms with Crippen molar-refractivity contribution in [3.63, 3.8) is 0 Å². The first-order valence-electron chi connectivity index (χ1n) is 10.5. The van der Waals surface area contributed by atoms with Gasteiger partial charge in [-0.1, -0.05) is 32.1 Å². The normalized spacial score (nSPS) is 27.9. The number of carbonyl (C=O) groups excluding carboxylic acids is 3. The average molecular weight is 427 g/mol. The second-order valence-electron chi connectivity index (χ2n) is 10.1. The lowest BCUT2D eigenvalue weighted by atomic mass is 9.65. The van der Waals surface area contributed by atoms with Crippen LogP contribution in [0.15, 0.2) is 18.2 Å². The fraction of sp³-hybridized carbons (Fsp3) is 0.545. The quantitative estimate of drug-likeness (QED) is 0.723. The van der Waals surface area contributed by atoms with Crippen LogP contribution in [0.3, 0.4) is 0 Å². The molecular formula is C22H26N4O3S. The number of thiazole rings is 1. The van der Waals surface area contributed by atoms with Gasteiger partial charge < -0.3 is 10.2 Å². The van der Waals surface area contributed by atoms with Gasteiger partial charge in [-0.25, -0.2) is 14.7 Å². The van der Waals surface area contributed by atoms with Gasteiger partial charge in [0.25, 0.3) is 0 Å². The van der Waals surface area contributed by atoms with Gasteiger partial charge in [-0.15, -0.1) is 0 Å². The highest BCUT2D eigenvalue weighted by Crippen LogP contribution is 2.52. The van der Waals surface area contributed by atoms with Gasteiger partial charge in [0, 0.05) is 31.1 Å². The van der Waals surface area contributed by atoms with Crippen molar-refractivity contribution in [3.8, 4) is 0 Å². The lowest BCUT2D eigenvalue weighted by Crippen LogP contribution is -2.40. The molecule has 3 aliphatic rings. The number of rotatable bonds is 2. The van der Waals surface area contributed by atoms with E-state index >= 15 is 0 Å². The first-order valence-corrected chi connectivity index (χ1v) is 11.3. The Morgan fingerprint density at radius 2 is 1.90 bits per heavy atom. The summed E-state index contributed by atoms with van der Waals surface area (Å²) >= 11 is 1.30. The maximum atomic E-state index is 13.1. The van der Waals surface area contributed by atoms with Crippen LogP contribution in [0, 0.1) is 10.8 Å². The summed E-state index contributed by atoms with van der Waals surface area (Å²) in [5.41, 5.74) is 1.86. The van der Waals surface area contributed by atoms with Gasteiger partial charge in [-0.2, -0.15) is 0 Å². The molecule has 30 heavy (non-hydrogen) atoms. The molecule has 0 radical (unpaired) electrons. The van der Waals surface area contributed by atoms with Crippen molar-refractivity contribution in [2.75, 3.05) is 16.8 Å². The number of hydrogen-bond donors (Lipinski definition) is 1. The zero-order chi connectivity index (χ0) is 21.3. The van der Waals surface area contributed by atoms with E-state index in [9.17, 15) is 14.4 Å². The van der Waals surface area contributed by atoms with Crippen molar-refractivity contribution in [1.29, 1.82) is 0 Å². The standard InChI is InChI=1S/C22H26N4O3S/c1-21(2)9-14-10-22(3,11-21)12-25(14)19(29)23-13-4-5-15-16(8-13)30-20(24-15)26-17(27)6-7-18(26)28/h4-5,8,14H,6-7,9-12H2,1-3H3,(H,23,29). The minimum Gasteiger partial charge on any atom is -0.321 e. The van der Waals surface area contributed by atoms with Crippen molar-refractivity contribution in [2.45, 2.75) is 58.9 Å². The summed E-state index contributed by atoms with van der Waals surface area (Å²) in [6.45, 7) is 7.67. The predicted octanol–water partition coefficient (Wildman–Crippen LogP) is 4.38. The average Bonchev–Trinajstić information content (AvgIpc) is 3.27. The van der Waals surface area contributed by atoms with E-state index in [0.29, 0.717) is 16.3 Å². The lowest BCUT2D eigenvalue weighted by Gasteiger charge is -2.39. The third kappa shape index (κ3) is 3.27. The fourth-order valence-corrected chi connectivity index (χ4v) is 6.81. The molecule has 2 saturated heterocycles. The van der Waals surface area contributed by atoms with Crippen molar-refractivity contribution < 1.29 is 14.4 Å². The third-order valence-electron chi connectivity index (χ3n) is 6.55. The smallest absolute Gasteiger partial charge is 0.321 e. The largest absolute Gasteiger partial charge is 0.322 e. The molecule has 3 heterocycles. The molecule has 1 aliphatic carbocycles. The second kappa shape index (κ2) is 6.51. The Bertz CT molecular complexity index is 1060. The van der Waals surface area contributed by atoms with Gasteiger partial charge in [0.05, 0.1) is 10.2 Å². The Labute approximate surface area is 179 Å². The molecule has 1 aromatic carbocycles. The van der Waals surface area contributed by atoms with Gasteiger partial charge in [0.15, 0.2) is 5.13 Å². The summed E-state index contributed by atoms with van der Waals surface area (Å²) < 4.78 is 0.837. The van der Waals surface area contributed by atoms with Gasteiger partial charge in [-0.05, 0) is 48.3 Å². The van der Waals surface area contributed by atoms with Crippen LogP contribution in [0.25, 0.3) is 10.2 Å². The van der Waals surface area contributed by atoms with Crippen LogP contribution < -0.4 is 10.2 Å². The number of amides is 4. The monoisotopic (exact) mass is 426 g/mol. The van der Waals surface area contributed by atoms with Gasteiger partial charge in [-0.3, -0.25) is 9.59 Å². The van der Waals surface area contributed by atoms with E-state index < -0.39 is 0 Å². The fourth-order valence-electron chi connectivity index (χ4n) is 5.77. The summed E-state index contributed by atoms with van der Waals surface area (Å²) in [5.74, 6) is -0.409. The molecule has 7 nitrogen and oxygen atoms in total. The van der Waals surface area contributed by atoms with E-state index in [0.717, 1.165) is 30.5 Å². The Kier molecular flexibility index (Phi) is 4.23. The molecule has 2 unspecified atom stereocenters. The first-order chi connectivity index (χ1) is 14.1. The number of urea groups is 1. The topological polar surface area (TPSA) is 82.6 Å². The summed E-state index contributed by atoms with van der Waals surface area (Å²) in [6, 6.07) is 5.74. The van der Waals surface area contributed by atoms with Crippen LogP contribution >= 0.6 is 11.3 Å². The molecule has 2 aromatic rings. The molecule has 0 spiro atoms. The first kappa shape index (κ1) is 19.5. The van der Waals surface area contributed by atoms with E-state index in [-0.39, 0.29) is 47.6 Å². The number of fused-ring (bicyclic) bond motifs is 3. The van der Waals surface area contributed by atoms with Crippen molar-refractivity contribution in [3.05, 3.63) is 18.2 Å². The molecule has 3 fully saturated rings. The molecule has 2 aliphatic heterocycles. The number of benzene rings is 1. The van der Waals surface area contributed by atoms with Crippen LogP contribution in [0.1, 0.15) is 52.9 Å². The summed E-state index contributed by atoms with van der Waals surface area (Å²) in [6.07, 6.45) is 3.72. The number of imide groups is 1. The summed E-state index contributed by atoms with van der Waals surface area (Å²) in [4.78, 5) is 44.7. The zero-order valence-corrected chi connectivity index (χ0v) is 18.3. The number of anilines is 2. The van der Waals surface area contributed by atoms with Gasteiger partial charge in [0.1, 0.15) is 0 Å². The molecule has 2 bridgehead atoms. The molecule has 4 amide bonds. The minimum atomic E-state index is -0.204. The van der Waals surface area contributed by atoms with Crippen LogP contribution in [0.2, 0.25) is 0 Å². The van der Waals surface area contributed by atoms with E-state index in [1.165, 1.54) is 16.2 Å². The highest BCUT2D eigenvalue weighted by molar-refractivity contribution is 7.22.